The van der Waals surface area contributed by atoms with Gasteiger partial charge in [-0.2, -0.15) is 0 Å². The van der Waals surface area contributed by atoms with Crippen molar-refractivity contribution in [1.29, 1.82) is 0 Å². The largest absolute Gasteiger partial charge is 0.508 e. The molecule has 3 nitrogen and oxygen atoms in total. The van der Waals surface area contributed by atoms with Gasteiger partial charge in [-0.15, -0.1) is 0 Å². The van der Waals surface area contributed by atoms with Crippen LogP contribution in [0, 0.1) is 0 Å². The highest BCUT2D eigenvalue weighted by Crippen LogP contribution is 2.24. The number of ether oxygens (including phenoxy) is 1. The van der Waals surface area contributed by atoms with E-state index in [4.69, 9.17) is 10.5 Å². The van der Waals surface area contributed by atoms with Gasteiger partial charge in [0.25, 0.3) is 0 Å². The Balaban J connectivity index is 2.13. The summed E-state index contributed by atoms with van der Waals surface area (Å²) < 4.78 is 5.52. The van der Waals surface area contributed by atoms with E-state index in [0.717, 1.165) is 17.7 Å². The Labute approximate surface area is 120 Å². The molecule has 0 aliphatic rings. The molecule has 2 aromatic carbocycles. The molecule has 0 saturated heterocycles. The van der Waals surface area contributed by atoms with Crippen molar-refractivity contribution in [3.05, 3.63) is 59.7 Å². The first kappa shape index (κ1) is 14.4. The summed E-state index contributed by atoms with van der Waals surface area (Å²) in [7, 11) is 0. The zero-order valence-corrected chi connectivity index (χ0v) is 11.8. The van der Waals surface area contributed by atoms with Gasteiger partial charge in [-0.25, -0.2) is 0 Å². The minimum Gasteiger partial charge on any atom is -0.508 e. The average molecular weight is 271 g/mol. The predicted octanol–water partition coefficient (Wildman–Crippen LogP) is 3.08. The fraction of sp³-hybridized carbons (Fsp3) is 0.294. The van der Waals surface area contributed by atoms with Crippen LogP contribution in [0.2, 0.25) is 0 Å². The van der Waals surface area contributed by atoms with Gasteiger partial charge in [-0.05, 0) is 55.3 Å². The van der Waals surface area contributed by atoms with E-state index in [9.17, 15) is 5.11 Å². The van der Waals surface area contributed by atoms with Crippen LogP contribution in [0.1, 0.15) is 24.0 Å². The van der Waals surface area contributed by atoms with Crippen molar-refractivity contribution in [1.82, 2.24) is 0 Å². The van der Waals surface area contributed by atoms with E-state index >= 15 is 0 Å². The average Bonchev–Trinajstić information content (AvgIpc) is 2.47. The standard InChI is InChI=1S/C17H21NO2/c1-2-20-17-5-3-4-13(11-17)10-15(12-18)14-6-8-16(19)9-7-14/h3-9,11,15,19H,2,10,12,18H2,1H3. The second kappa shape index (κ2) is 6.96. The van der Waals surface area contributed by atoms with E-state index in [1.54, 1.807) is 12.1 Å². The lowest BCUT2D eigenvalue weighted by Crippen LogP contribution is -2.15. The number of phenols is 1. The molecule has 3 heteroatoms. The molecule has 1 atom stereocenters. The van der Waals surface area contributed by atoms with E-state index in [1.165, 1.54) is 5.56 Å². The number of benzene rings is 2. The molecule has 2 aromatic rings. The minimum atomic E-state index is 0.243. The van der Waals surface area contributed by atoms with Crippen molar-refractivity contribution in [2.24, 2.45) is 5.73 Å². The Kier molecular flexibility index (Phi) is 5.02. The van der Waals surface area contributed by atoms with E-state index in [0.29, 0.717) is 13.2 Å². The Bertz CT molecular complexity index is 537. The van der Waals surface area contributed by atoms with Crippen LogP contribution >= 0.6 is 0 Å². The first-order valence-corrected chi connectivity index (χ1v) is 6.93. The van der Waals surface area contributed by atoms with Crippen LogP contribution in [-0.2, 0) is 6.42 Å². The Morgan fingerprint density at radius 2 is 1.90 bits per heavy atom. The highest BCUT2D eigenvalue weighted by molar-refractivity contribution is 5.33. The molecule has 20 heavy (non-hydrogen) atoms. The zero-order valence-electron chi connectivity index (χ0n) is 11.8. The van der Waals surface area contributed by atoms with Gasteiger partial charge in [-0.1, -0.05) is 24.3 Å². The maximum Gasteiger partial charge on any atom is 0.119 e. The number of hydrogen-bond donors (Lipinski definition) is 2. The normalized spacial score (nSPS) is 12.1. The quantitative estimate of drug-likeness (QED) is 0.849. The SMILES string of the molecule is CCOc1cccc(CC(CN)c2ccc(O)cc2)c1. The lowest BCUT2D eigenvalue weighted by atomic mass is 9.92. The van der Waals surface area contributed by atoms with Gasteiger partial charge in [0.2, 0.25) is 0 Å². The highest BCUT2D eigenvalue weighted by atomic mass is 16.5. The van der Waals surface area contributed by atoms with Crippen LogP contribution in [0.4, 0.5) is 0 Å². The third-order valence-corrected chi connectivity index (χ3v) is 3.34. The van der Waals surface area contributed by atoms with Crippen molar-refractivity contribution in [2.75, 3.05) is 13.2 Å². The third-order valence-electron chi connectivity index (χ3n) is 3.34. The van der Waals surface area contributed by atoms with Crippen LogP contribution in [0.5, 0.6) is 11.5 Å². The lowest BCUT2D eigenvalue weighted by Gasteiger charge is -2.16. The summed E-state index contributed by atoms with van der Waals surface area (Å²) in [5.41, 5.74) is 8.25. The summed E-state index contributed by atoms with van der Waals surface area (Å²) in [6.45, 7) is 3.22. The second-order valence-corrected chi connectivity index (χ2v) is 4.81. The van der Waals surface area contributed by atoms with Crippen molar-refractivity contribution >= 4 is 0 Å². The fourth-order valence-corrected chi connectivity index (χ4v) is 2.30. The monoisotopic (exact) mass is 271 g/mol. The van der Waals surface area contributed by atoms with Crippen LogP contribution in [0.15, 0.2) is 48.5 Å². The number of hydrogen-bond acceptors (Lipinski definition) is 3. The van der Waals surface area contributed by atoms with E-state index in [1.807, 2.05) is 31.2 Å². The van der Waals surface area contributed by atoms with E-state index in [-0.39, 0.29) is 11.7 Å². The Hall–Kier alpha value is -2.00. The highest BCUT2D eigenvalue weighted by Gasteiger charge is 2.11. The predicted molar refractivity (Wildman–Crippen MR) is 81.2 cm³/mol. The first-order chi connectivity index (χ1) is 9.72. The summed E-state index contributed by atoms with van der Waals surface area (Å²) in [6, 6.07) is 15.4. The van der Waals surface area contributed by atoms with Gasteiger partial charge >= 0.3 is 0 Å². The van der Waals surface area contributed by atoms with Gasteiger partial charge in [0.1, 0.15) is 11.5 Å². The van der Waals surface area contributed by atoms with Crippen LogP contribution < -0.4 is 10.5 Å². The van der Waals surface area contributed by atoms with Gasteiger partial charge < -0.3 is 15.6 Å². The molecular formula is C17H21NO2. The van der Waals surface area contributed by atoms with Crippen molar-refractivity contribution < 1.29 is 9.84 Å². The first-order valence-electron chi connectivity index (χ1n) is 6.93. The van der Waals surface area contributed by atoms with E-state index < -0.39 is 0 Å². The number of rotatable bonds is 6. The molecule has 0 aliphatic heterocycles. The van der Waals surface area contributed by atoms with Crippen LogP contribution in [-0.4, -0.2) is 18.3 Å². The zero-order chi connectivity index (χ0) is 14.4. The molecule has 0 radical (unpaired) electrons. The molecule has 0 spiro atoms. The van der Waals surface area contributed by atoms with Crippen LogP contribution in [0.3, 0.4) is 0 Å². The van der Waals surface area contributed by atoms with Crippen molar-refractivity contribution in [3.63, 3.8) is 0 Å². The number of aromatic hydroxyl groups is 1. The molecule has 0 aliphatic carbocycles. The Morgan fingerprint density at radius 3 is 2.55 bits per heavy atom. The molecular weight excluding hydrogens is 250 g/mol. The molecule has 0 saturated carbocycles. The summed E-state index contributed by atoms with van der Waals surface area (Å²) in [5, 5.41) is 9.35. The molecule has 0 amide bonds. The molecule has 3 N–H and O–H groups in total. The maximum atomic E-state index is 9.35. The van der Waals surface area contributed by atoms with Gasteiger partial charge in [0.15, 0.2) is 0 Å². The topological polar surface area (TPSA) is 55.5 Å². The third kappa shape index (κ3) is 3.75. The molecule has 1 unspecified atom stereocenters. The van der Waals surface area contributed by atoms with Gasteiger partial charge in [0, 0.05) is 5.92 Å². The molecule has 0 bridgehead atoms. The molecule has 0 fully saturated rings. The lowest BCUT2D eigenvalue weighted by molar-refractivity contribution is 0.340. The Morgan fingerprint density at radius 1 is 1.15 bits per heavy atom. The summed E-state index contributed by atoms with van der Waals surface area (Å²) >= 11 is 0. The number of nitrogens with two attached hydrogens (primary N) is 1. The van der Waals surface area contributed by atoms with Crippen molar-refractivity contribution in [2.45, 2.75) is 19.3 Å². The molecule has 2 rings (SSSR count). The van der Waals surface area contributed by atoms with Crippen LogP contribution in [0.25, 0.3) is 0 Å². The molecule has 0 heterocycles. The second-order valence-electron chi connectivity index (χ2n) is 4.81. The minimum absolute atomic E-state index is 0.243. The number of phenolic OH excluding ortho intramolecular Hbond substituents is 1. The molecule has 106 valence electrons. The maximum absolute atomic E-state index is 9.35. The van der Waals surface area contributed by atoms with E-state index in [2.05, 4.69) is 12.1 Å². The van der Waals surface area contributed by atoms with Gasteiger partial charge in [0.05, 0.1) is 6.61 Å². The van der Waals surface area contributed by atoms with Crippen molar-refractivity contribution in [3.8, 4) is 11.5 Å². The van der Waals surface area contributed by atoms with Gasteiger partial charge in [-0.3, -0.25) is 0 Å². The smallest absolute Gasteiger partial charge is 0.119 e. The summed E-state index contributed by atoms with van der Waals surface area (Å²) in [6.07, 6.45) is 0.863. The molecule has 0 aromatic heterocycles. The summed E-state index contributed by atoms with van der Waals surface area (Å²) in [5.74, 6) is 1.42. The summed E-state index contributed by atoms with van der Waals surface area (Å²) in [4.78, 5) is 0. The fourth-order valence-electron chi connectivity index (χ4n) is 2.30.